The fraction of sp³-hybridized carbons (Fsp3) is 0.400. The summed E-state index contributed by atoms with van der Waals surface area (Å²) >= 11 is 0. The molecule has 3 aromatic rings. The minimum atomic E-state index is -1.05. The Morgan fingerprint density at radius 2 is 1.82 bits per heavy atom. The molecule has 0 saturated carbocycles. The van der Waals surface area contributed by atoms with E-state index in [4.69, 9.17) is 19.2 Å². The standard InChI is InChI=1S/C25H29N3O5/c1-5-7-14-27-23(29)21(24(30)33-6-2)22(16-12-13-19(31-3)20(15-16)32-4)28-18-11-9-8-10-17(18)26-25(27)28/h8-13,15,21-22H,5-7,14H2,1-4H3/t21-,22+/m1/s1. The molecule has 0 bridgehead atoms. The first-order chi connectivity index (χ1) is 16.0. The number of hydrogen-bond donors (Lipinski definition) is 0. The maximum absolute atomic E-state index is 13.8. The Kier molecular flexibility index (Phi) is 6.53. The molecule has 0 fully saturated rings. The first-order valence-electron chi connectivity index (χ1n) is 11.2. The Balaban J connectivity index is 1.98. The van der Waals surface area contributed by atoms with Gasteiger partial charge in [0.1, 0.15) is 0 Å². The van der Waals surface area contributed by atoms with Gasteiger partial charge in [-0.2, -0.15) is 0 Å². The van der Waals surface area contributed by atoms with Gasteiger partial charge in [-0.15, -0.1) is 0 Å². The highest BCUT2D eigenvalue weighted by Gasteiger charge is 2.47. The lowest BCUT2D eigenvalue weighted by Gasteiger charge is -2.38. The quantitative estimate of drug-likeness (QED) is 0.381. The molecule has 2 atom stereocenters. The second-order valence-corrected chi connectivity index (χ2v) is 7.90. The van der Waals surface area contributed by atoms with Crippen LogP contribution in [0.15, 0.2) is 42.5 Å². The number of carbonyl (C=O) groups is 2. The normalized spacial score (nSPS) is 17.7. The molecule has 0 radical (unpaired) electrons. The lowest BCUT2D eigenvalue weighted by molar-refractivity contribution is -0.153. The topological polar surface area (TPSA) is 82.9 Å². The summed E-state index contributed by atoms with van der Waals surface area (Å²) in [5, 5.41) is 0. The molecule has 2 aromatic carbocycles. The van der Waals surface area contributed by atoms with Crippen molar-refractivity contribution in [1.29, 1.82) is 0 Å². The van der Waals surface area contributed by atoms with Gasteiger partial charge in [-0.3, -0.25) is 14.5 Å². The highest BCUT2D eigenvalue weighted by Crippen LogP contribution is 2.43. The molecule has 33 heavy (non-hydrogen) atoms. The summed E-state index contributed by atoms with van der Waals surface area (Å²) in [4.78, 5) is 33.4. The fourth-order valence-electron chi connectivity index (χ4n) is 4.41. The molecule has 8 nitrogen and oxygen atoms in total. The van der Waals surface area contributed by atoms with Crippen LogP contribution in [0.1, 0.15) is 38.3 Å². The highest BCUT2D eigenvalue weighted by molar-refractivity contribution is 6.08. The van der Waals surface area contributed by atoms with Gasteiger partial charge >= 0.3 is 5.97 Å². The average Bonchev–Trinajstić information content (AvgIpc) is 3.21. The van der Waals surface area contributed by atoms with Crippen molar-refractivity contribution in [1.82, 2.24) is 9.55 Å². The minimum absolute atomic E-state index is 0.188. The van der Waals surface area contributed by atoms with Crippen LogP contribution in [0.4, 0.5) is 5.95 Å². The molecule has 4 rings (SSSR count). The molecular formula is C25H29N3O5. The molecule has 0 aliphatic carbocycles. The third-order valence-electron chi connectivity index (χ3n) is 5.97. The van der Waals surface area contributed by atoms with E-state index in [1.54, 1.807) is 32.1 Å². The van der Waals surface area contributed by atoms with Crippen LogP contribution >= 0.6 is 0 Å². The summed E-state index contributed by atoms with van der Waals surface area (Å²) in [7, 11) is 3.12. The smallest absolute Gasteiger partial charge is 0.321 e. The number of fused-ring (bicyclic) bond motifs is 3. The van der Waals surface area contributed by atoms with Crippen LogP contribution in [0, 0.1) is 5.92 Å². The second kappa shape index (κ2) is 9.52. The lowest BCUT2D eigenvalue weighted by atomic mass is 9.89. The van der Waals surface area contributed by atoms with E-state index in [0.29, 0.717) is 24.0 Å². The maximum atomic E-state index is 13.8. The zero-order valence-corrected chi connectivity index (χ0v) is 19.4. The van der Waals surface area contributed by atoms with E-state index in [2.05, 4.69) is 6.92 Å². The van der Waals surface area contributed by atoms with Crippen molar-refractivity contribution in [2.24, 2.45) is 5.92 Å². The number of hydrogen-bond acceptors (Lipinski definition) is 6. The zero-order valence-electron chi connectivity index (χ0n) is 19.4. The van der Waals surface area contributed by atoms with E-state index in [-0.39, 0.29) is 12.5 Å². The Morgan fingerprint density at radius 1 is 1.06 bits per heavy atom. The molecule has 1 aliphatic heterocycles. The van der Waals surface area contributed by atoms with Crippen molar-refractivity contribution in [3.63, 3.8) is 0 Å². The van der Waals surface area contributed by atoms with E-state index < -0.39 is 17.9 Å². The van der Waals surface area contributed by atoms with Gasteiger partial charge in [0.2, 0.25) is 11.9 Å². The summed E-state index contributed by atoms with van der Waals surface area (Å²) in [6, 6.07) is 12.5. The number of methoxy groups -OCH3 is 2. The van der Waals surface area contributed by atoms with Gasteiger partial charge < -0.3 is 18.8 Å². The number of ether oxygens (including phenoxy) is 3. The Bertz CT molecular complexity index is 1170. The largest absolute Gasteiger partial charge is 0.493 e. The predicted molar refractivity (Wildman–Crippen MR) is 125 cm³/mol. The molecule has 8 heteroatoms. The number of esters is 1. The van der Waals surface area contributed by atoms with Crippen LogP contribution in [-0.2, 0) is 14.3 Å². The van der Waals surface area contributed by atoms with Gasteiger partial charge in [-0.1, -0.05) is 31.5 Å². The molecule has 0 spiro atoms. The average molecular weight is 452 g/mol. The molecular weight excluding hydrogens is 422 g/mol. The number of carbonyl (C=O) groups excluding carboxylic acids is 2. The molecule has 1 aliphatic rings. The third kappa shape index (κ3) is 3.90. The van der Waals surface area contributed by atoms with Gasteiger partial charge in [0.25, 0.3) is 0 Å². The summed E-state index contributed by atoms with van der Waals surface area (Å²) in [5.41, 5.74) is 2.34. The first kappa shape index (κ1) is 22.6. The second-order valence-electron chi connectivity index (χ2n) is 7.90. The van der Waals surface area contributed by atoms with Crippen LogP contribution in [0.5, 0.6) is 11.5 Å². The molecule has 0 N–H and O–H groups in total. The van der Waals surface area contributed by atoms with E-state index >= 15 is 0 Å². The van der Waals surface area contributed by atoms with E-state index in [0.717, 1.165) is 29.4 Å². The number of unbranched alkanes of at least 4 members (excludes halogenated alkanes) is 1. The summed E-state index contributed by atoms with van der Waals surface area (Å²) in [5.74, 6) is -0.280. The van der Waals surface area contributed by atoms with Gasteiger partial charge in [-0.25, -0.2) is 4.98 Å². The zero-order chi connectivity index (χ0) is 23.5. The predicted octanol–water partition coefficient (Wildman–Crippen LogP) is 3.97. The van der Waals surface area contributed by atoms with Crippen molar-refractivity contribution in [2.75, 3.05) is 32.3 Å². The van der Waals surface area contributed by atoms with Gasteiger partial charge in [-0.05, 0) is 43.2 Å². The molecule has 0 unspecified atom stereocenters. The number of para-hydroxylation sites is 2. The number of benzene rings is 2. The van der Waals surface area contributed by atoms with Crippen LogP contribution in [0.2, 0.25) is 0 Å². The number of aromatic nitrogens is 2. The van der Waals surface area contributed by atoms with E-state index in [1.165, 1.54) is 0 Å². The Morgan fingerprint density at radius 3 is 2.52 bits per heavy atom. The van der Waals surface area contributed by atoms with Gasteiger partial charge in [0.05, 0.1) is 37.9 Å². The third-order valence-corrected chi connectivity index (χ3v) is 5.97. The SMILES string of the molecule is CCCCN1C(=O)[C@H](C(=O)OCC)[C@H](c2ccc(OC)c(OC)c2)n2c1nc1ccccc12. The number of rotatable bonds is 8. The summed E-state index contributed by atoms with van der Waals surface area (Å²) < 4.78 is 18.3. The van der Waals surface area contributed by atoms with Crippen LogP contribution in [-0.4, -0.2) is 48.8 Å². The van der Waals surface area contributed by atoms with E-state index in [1.807, 2.05) is 41.0 Å². The monoisotopic (exact) mass is 451 g/mol. The van der Waals surface area contributed by atoms with Crippen molar-refractivity contribution in [3.8, 4) is 11.5 Å². The number of amides is 1. The van der Waals surface area contributed by atoms with Gasteiger partial charge in [0.15, 0.2) is 17.4 Å². The fourth-order valence-corrected chi connectivity index (χ4v) is 4.41. The lowest BCUT2D eigenvalue weighted by Crippen LogP contribution is -2.50. The summed E-state index contributed by atoms with van der Waals surface area (Å²) in [6.45, 7) is 4.47. The summed E-state index contributed by atoms with van der Waals surface area (Å²) in [6.07, 6.45) is 1.71. The molecule has 1 amide bonds. The molecule has 174 valence electrons. The Labute approximate surface area is 193 Å². The number of nitrogens with zero attached hydrogens (tertiary/aromatic N) is 3. The molecule has 1 aromatic heterocycles. The van der Waals surface area contributed by atoms with Crippen molar-refractivity contribution in [2.45, 2.75) is 32.7 Å². The van der Waals surface area contributed by atoms with Crippen molar-refractivity contribution < 1.29 is 23.8 Å². The van der Waals surface area contributed by atoms with Crippen molar-refractivity contribution in [3.05, 3.63) is 48.0 Å². The highest BCUT2D eigenvalue weighted by atomic mass is 16.5. The van der Waals surface area contributed by atoms with Gasteiger partial charge in [0, 0.05) is 6.54 Å². The number of anilines is 1. The molecule has 2 heterocycles. The van der Waals surface area contributed by atoms with E-state index in [9.17, 15) is 9.59 Å². The maximum Gasteiger partial charge on any atom is 0.321 e. The minimum Gasteiger partial charge on any atom is -0.493 e. The Hall–Kier alpha value is -3.55. The van der Waals surface area contributed by atoms with Crippen LogP contribution < -0.4 is 14.4 Å². The molecule has 0 saturated heterocycles. The van der Waals surface area contributed by atoms with Crippen LogP contribution in [0.25, 0.3) is 11.0 Å². The number of imidazole rings is 1. The first-order valence-corrected chi connectivity index (χ1v) is 11.2. The van der Waals surface area contributed by atoms with Crippen molar-refractivity contribution >= 4 is 28.9 Å². The van der Waals surface area contributed by atoms with Crippen LogP contribution in [0.3, 0.4) is 0 Å².